The van der Waals surface area contributed by atoms with Crippen molar-refractivity contribution in [2.75, 3.05) is 27.6 Å². The molecule has 1 aliphatic heterocycles. The Balaban J connectivity index is 1.81. The van der Waals surface area contributed by atoms with Crippen molar-refractivity contribution in [3.05, 3.63) is 73.1 Å². The largest absolute Gasteiger partial charge is 0.506 e. The van der Waals surface area contributed by atoms with Crippen LogP contribution in [-0.2, 0) is 16.1 Å². The summed E-state index contributed by atoms with van der Waals surface area (Å²) in [6.07, 6.45) is 0.710. The topological polar surface area (TPSA) is 145 Å². The van der Waals surface area contributed by atoms with Crippen LogP contribution in [0.4, 0.5) is 0 Å². The van der Waals surface area contributed by atoms with Crippen molar-refractivity contribution >= 4 is 35.1 Å². The van der Waals surface area contributed by atoms with E-state index in [1.165, 1.54) is 20.3 Å². The van der Waals surface area contributed by atoms with Crippen LogP contribution in [0.25, 0.3) is 0 Å². The van der Waals surface area contributed by atoms with E-state index < -0.39 is 29.1 Å². The zero-order chi connectivity index (χ0) is 29.0. The molecule has 0 radical (unpaired) electrons. The molecule has 0 fully saturated rings. The summed E-state index contributed by atoms with van der Waals surface area (Å²) >= 11 is 12.1. The minimum atomic E-state index is -1.13. The number of halogens is 2. The molecule has 1 aromatic heterocycles. The smallest absolute Gasteiger partial charge is 0.343 e. The van der Waals surface area contributed by atoms with Crippen LogP contribution in [0.3, 0.4) is 0 Å². The van der Waals surface area contributed by atoms with Gasteiger partial charge in [-0.15, -0.1) is 0 Å². The predicted molar refractivity (Wildman–Crippen MR) is 145 cm³/mol. The monoisotopic (exact) mass is 592 g/mol. The average Bonchev–Trinajstić information content (AvgIpc) is 3.42. The highest BCUT2D eigenvalue weighted by Gasteiger charge is 2.35. The lowest BCUT2D eigenvalue weighted by Crippen LogP contribution is -2.28. The van der Waals surface area contributed by atoms with Crippen LogP contribution < -0.4 is 29.8 Å². The molecule has 40 heavy (non-hydrogen) atoms. The molecular weight excluding hydrogens is 567 g/mol. The highest BCUT2D eigenvalue weighted by molar-refractivity contribution is 6.42. The Hall–Kier alpha value is -4.09. The van der Waals surface area contributed by atoms with Crippen LogP contribution in [-0.4, -0.2) is 49.6 Å². The van der Waals surface area contributed by atoms with Gasteiger partial charge in [0.1, 0.15) is 11.3 Å². The lowest BCUT2D eigenvalue weighted by atomic mass is 9.86. The molecule has 0 aliphatic carbocycles. The predicted octanol–water partition coefficient (Wildman–Crippen LogP) is 4.15. The molecule has 3 N–H and O–H groups in total. The van der Waals surface area contributed by atoms with E-state index in [-0.39, 0.29) is 66.1 Å². The fourth-order valence-electron chi connectivity index (χ4n) is 4.35. The Kier molecular flexibility index (Phi) is 8.96. The van der Waals surface area contributed by atoms with E-state index >= 15 is 0 Å². The molecule has 0 spiro atoms. The molecule has 1 atom stereocenters. The van der Waals surface area contributed by atoms with Gasteiger partial charge in [-0.05, 0) is 30.7 Å². The van der Waals surface area contributed by atoms with Gasteiger partial charge >= 0.3 is 5.97 Å². The number of hydrogen-bond acceptors (Lipinski definition) is 9. The Morgan fingerprint density at radius 1 is 1.12 bits per heavy atom. The summed E-state index contributed by atoms with van der Waals surface area (Å²) in [7, 11) is 2.80. The van der Waals surface area contributed by atoms with Gasteiger partial charge in [0.25, 0.3) is 5.56 Å². The number of benzene rings is 2. The maximum atomic E-state index is 13.3. The SMILES string of the molecule is CCOC(=O)c1c[nH]c(=O)c([C@H](CC(=O)NCc2ccc(Cl)c(Cl)c2)c2cc(OC)c3c(c2OC)OCO3)c1O. The number of methoxy groups -OCH3 is 2. The van der Waals surface area contributed by atoms with Crippen LogP contribution in [0.1, 0.15) is 46.3 Å². The zero-order valence-corrected chi connectivity index (χ0v) is 23.3. The lowest BCUT2D eigenvalue weighted by molar-refractivity contribution is -0.121. The number of amides is 1. The first-order valence-electron chi connectivity index (χ1n) is 12.1. The number of hydrogen-bond donors (Lipinski definition) is 3. The normalized spacial score (nSPS) is 12.5. The number of ether oxygens (including phenoxy) is 5. The van der Waals surface area contributed by atoms with E-state index in [1.807, 2.05) is 0 Å². The van der Waals surface area contributed by atoms with Crippen LogP contribution >= 0.6 is 23.2 Å². The van der Waals surface area contributed by atoms with Gasteiger partial charge in [0.05, 0.1) is 36.4 Å². The Morgan fingerprint density at radius 3 is 2.55 bits per heavy atom. The van der Waals surface area contributed by atoms with Crippen molar-refractivity contribution in [1.82, 2.24) is 10.3 Å². The van der Waals surface area contributed by atoms with Crippen molar-refractivity contribution in [3.63, 3.8) is 0 Å². The quantitative estimate of drug-likeness (QED) is 0.295. The molecule has 1 aliphatic rings. The molecular formula is C27H26Cl2N2O9. The summed E-state index contributed by atoms with van der Waals surface area (Å²) in [5.74, 6) is -2.21. The summed E-state index contributed by atoms with van der Waals surface area (Å²) in [5.41, 5.74) is -0.299. The highest BCUT2D eigenvalue weighted by Crippen LogP contribution is 2.53. The summed E-state index contributed by atoms with van der Waals surface area (Å²) in [5, 5.41) is 14.6. The first kappa shape index (κ1) is 28.9. The maximum Gasteiger partial charge on any atom is 0.343 e. The molecule has 0 saturated heterocycles. The molecule has 0 saturated carbocycles. The second-order valence-corrected chi connectivity index (χ2v) is 9.38. The number of pyridine rings is 1. The van der Waals surface area contributed by atoms with E-state index in [0.29, 0.717) is 15.6 Å². The number of aromatic nitrogens is 1. The van der Waals surface area contributed by atoms with Crippen molar-refractivity contribution in [2.24, 2.45) is 0 Å². The second kappa shape index (κ2) is 12.4. The molecule has 0 bridgehead atoms. The maximum absolute atomic E-state index is 13.3. The summed E-state index contributed by atoms with van der Waals surface area (Å²) in [4.78, 5) is 41.4. The van der Waals surface area contributed by atoms with Crippen LogP contribution in [0.15, 0.2) is 35.3 Å². The second-order valence-electron chi connectivity index (χ2n) is 8.56. The summed E-state index contributed by atoms with van der Waals surface area (Å²) in [6.45, 7) is 1.65. The standard InChI is InChI=1S/C27H26Cl2N2O9/c1-4-38-27(35)16-11-31-26(34)21(22(16)33)14(9-20(32)30-10-13-5-6-17(28)18(29)7-13)15-8-19(36-2)24-25(23(15)37-3)40-12-39-24/h5-8,11,14H,4,9-10,12H2,1-3H3,(H,30,32)(H2,31,33,34)/t14-/m1/s1. The summed E-state index contributed by atoms with van der Waals surface area (Å²) in [6, 6.07) is 6.46. The third kappa shape index (κ3) is 5.75. The molecule has 3 aromatic rings. The Bertz CT molecular complexity index is 1510. The van der Waals surface area contributed by atoms with Crippen LogP contribution in [0.2, 0.25) is 10.0 Å². The first-order valence-corrected chi connectivity index (χ1v) is 12.8. The number of carbonyl (C=O) groups is 2. The molecule has 2 aromatic carbocycles. The molecule has 2 heterocycles. The number of carbonyl (C=O) groups excluding carboxylic acids is 2. The number of H-pyrrole nitrogens is 1. The molecule has 13 heteroatoms. The highest BCUT2D eigenvalue weighted by atomic mass is 35.5. The molecule has 11 nitrogen and oxygen atoms in total. The zero-order valence-electron chi connectivity index (χ0n) is 21.8. The van der Waals surface area contributed by atoms with E-state index in [1.54, 1.807) is 25.1 Å². The van der Waals surface area contributed by atoms with Gasteiger partial charge in [-0.3, -0.25) is 9.59 Å². The number of aromatic amines is 1. The van der Waals surface area contributed by atoms with Crippen molar-refractivity contribution in [3.8, 4) is 28.7 Å². The van der Waals surface area contributed by atoms with Gasteiger partial charge in [0.15, 0.2) is 11.5 Å². The first-order chi connectivity index (χ1) is 19.2. The van der Waals surface area contributed by atoms with Gasteiger partial charge in [0, 0.05) is 30.6 Å². The van der Waals surface area contributed by atoms with E-state index in [2.05, 4.69) is 10.3 Å². The number of fused-ring (bicyclic) bond motifs is 1. The van der Waals surface area contributed by atoms with E-state index in [0.717, 1.165) is 6.20 Å². The number of nitrogens with one attached hydrogen (secondary N) is 2. The van der Waals surface area contributed by atoms with Crippen LogP contribution in [0, 0.1) is 0 Å². The van der Waals surface area contributed by atoms with Crippen molar-refractivity contribution in [2.45, 2.75) is 25.8 Å². The third-order valence-corrected chi connectivity index (χ3v) is 6.94. The number of esters is 1. The summed E-state index contributed by atoms with van der Waals surface area (Å²) < 4.78 is 27.2. The van der Waals surface area contributed by atoms with E-state index in [4.69, 9.17) is 46.9 Å². The Morgan fingerprint density at radius 2 is 1.88 bits per heavy atom. The fourth-order valence-corrected chi connectivity index (χ4v) is 4.67. The molecule has 4 rings (SSSR count). The van der Waals surface area contributed by atoms with Crippen molar-refractivity contribution < 1.29 is 38.4 Å². The van der Waals surface area contributed by atoms with Gasteiger partial charge < -0.3 is 39.1 Å². The van der Waals surface area contributed by atoms with Gasteiger partial charge in [0.2, 0.25) is 24.2 Å². The minimum Gasteiger partial charge on any atom is -0.506 e. The van der Waals surface area contributed by atoms with E-state index in [9.17, 15) is 19.5 Å². The lowest BCUT2D eigenvalue weighted by Gasteiger charge is -2.23. The minimum absolute atomic E-state index is 0.0421. The molecule has 212 valence electrons. The average molecular weight is 593 g/mol. The van der Waals surface area contributed by atoms with Gasteiger partial charge in [-0.1, -0.05) is 29.3 Å². The van der Waals surface area contributed by atoms with Gasteiger partial charge in [-0.2, -0.15) is 0 Å². The molecule has 0 unspecified atom stereocenters. The Labute approximate surface area is 238 Å². The van der Waals surface area contributed by atoms with Crippen LogP contribution in [0.5, 0.6) is 28.7 Å². The molecule has 1 amide bonds. The number of aromatic hydroxyl groups is 1. The fraction of sp³-hybridized carbons (Fsp3) is 0.296. The van der Waals surface area contributed by atoms with Gasteiger partial charge in [-0.25, -0.2) is 4.79 Å². The van der Waals surface area contributed by atoms with Crippen molar-refractivity contribution in [1.29, 1.82) is 0 Å². The third-order valence-electron chi connectivity index (χ3n) is 6.20. The number of rotatable bonds is 10.